The van der Waals surface area contributed by atoms with Crippen molar-refractivity contribution in [3.05, 3.63) is 65.7 Å². The van der Waals surface area contributed by atoms with E-state index in [0.717, 1.165) is 38.8 Å². The Kier molecular flexibility index (Phi) is 7.87. The molecule has 0 saturated heterocycles. The van der Waals surface area contributed by atoms with Crippen LogP contribution in [0.15, 0.2) is 54.6 Å². The molecule has 0 atom stereocenters. The molecule has 4 nitrogen and oxygen atoms in total. The molecule has 2 aromatic carbocycles. The number of carbonyl (C=O) groups is 2. The van der Waals surface area contributed by atoms with Gasteiger partial charge in [0.1, 0.15) is 0 Å². The van der Waals surface area contributed by atoms with E-state index in [1.807, 2.05) is 35.2 Å². The van der Waals surface area contributed by atoms with Gasteiger partial charge in [-0.2, -0.15) is 0 Å². The predicted molar refractivity (Wildman–Crippen MR) is 107 cm³/mol. The number of hydrogen-bond donors (Lipinski definition) is 1. The molecular formula is C22H28N2O2. The zero-order valence-electron chi connectivity index (χ0n) is 15.7. The average molecular weight is 352 g/mol. The molecular weight excluding hydrogens is 324 g/mol. The summed E-state index contributed by atoms with van der Waals surface area (Å²) in [4.78, 5) is 27.1. The Morgan fingerprint density at radius 3 is 2.08 bits per heavy atom. The first-order valence-corrected chi connectivity index (χ1v) is 9.41. The molecule has 138 valence electrons. The summed E-state index contributed by atoms with van der Waals surface area (Å²) in [7, 11) is 0. The van der Waals surface area contributed by atoms with E-state index < -0.39 is 0 Å². The molecule has 1 N–H and O–H groups in total. The third kappa shape index (κ3) is 5.73. The lowest BCUT2D eigenvalue weighted by atomic mass is 10.1. The van der Waals surface area contributed by atoms with Gasteiger partial charge in [-0.1, -0.05) is 51.0 Å². The molecule has 0 aliphatic heterocycles. The predicted octanol–water partition coefficient (Wildman–Crippen LogP) is 4.98. The second kappa shape index (κ2) is 10.4. The highest BCUT2D eigenvalue weighted by atomic mass is 16.2. The second-order valence-electron chi connectivity index (χ2n) is 6.40. The number of amides is 2. The van der Waals surface area contributed by atoms with Crippen molar-refractivity contribution >= 4 is 17.5 Å². The molecule has 26 heavy (non-hydrogen) atoms. The van der Waals surface area contributed by atoms with E-state index in [2.05, 4.69) is 19.2 Å². The smallest absolute Gasteiger partial charge is 0.255 e. The van der Waals surface area contributed by atoms with Gasteiger partial charge >= 0.3 is 0 Å². The standard InChI is InChI=1S/C22H28N2O2/c1-3-5-15-24(16-6-4-2)22(26)19-13-10-14-20(17-19)23-21(25)18-11-8-7-9-12-18/h7-14,17H,3-6,15-16H2,1-2H3,(H,23,25). The van der Waals surface area contributed by atoms with Crippen molar-refractivity contribution in [2.45, 2.75) is 39.5 Å². The van der Waals surface area contributed by atoms with Gasteiger partial charge in [-0.3, -0.25) is 9.59 Å². The lowest BCUT2D eigenvalue weighted by Crippen LogP contribution is -2.33. The van der Waals surface area contributed by atoms with E-state index in [1.165, 1.54) is 0 Å². The van der Waals surface area contributed by atoms with Crippen molar-refractivity contribution < 1.29 is 9.59 Å². The number of rotatable bonds is 9. The largest absolute Gasteiger partial charge is 0.339 e. The maximum Gasteiger partial charge on any atom is 0.255 e. The lowest BCUT2D eigenvalue weighted by Gasteiger charge is -2.22. The number of nitrogens with zero attached hydrogens (tertiary/aromatic N) is 1. The fourth-order valence-corrected chi connectivity index (χ4v) is 2.72. The number of anilines is 1. The van der Waals surface area contributed by atoms with Gasteiger partial charge in [0, 0.05) is 29.9 Å². The number of benzene rings is 2. The molecule has 0 heterocycles. The summed E-state index contributed by atoms with van der Waals surface area (Å²) in [6.07, 6.45) is 4.12. The van der Waals surface area contributed by atoms with Crippen LogP contribution in [0.25, 0.3) is 0 Å². The van der Waals surface area contributed by atoms with E-state index in [9.17, 15) is 9.59 Å². The minimum atomic E-state index is -0.177. The Hall–Kier alpha value is -2.62. The zero-order valence-corrected chi connectivity index (χ0v) is 15.7. The van der Waals surface area contributed by atoms with Crippen LogP contribution in [0, 0.1) is 0 Å². The fraction of sp³-hybridized carbons (Fsp3) is 0.364. The monoisotopic (exact) mass is 352 g/mol. The van der Waals surface area contributed by atoms with E-state index in [4.69, 9.17) is 0 Å². The van der Waals surface area contributed by atoms with Gasteiger partial charge in [0.05, 0.1) is 0 Å². The van der Waals surface area contributed by atoms with E-state index in [1.54, 1.807) is 24.3 Å². The Morgan fingerprint density at radius 1 is 0.846 bits per heavy atom. The second-order valence-corrected chi connectivity index (χ2v) is 6.40. The molecule has 0 radical (unpaired) electrons. The van der Waals surface area contributed by atoms with Crippen molar-refractivity contribution in [2.24, 2.45) is 0 Å². The summed E-state index contributed by atoms with van der Waals surface area (Å²) < 4.78 is 0. The van der Waals surface area contributed by atoms with Crippen LogP contribution in [0.1, 0.15) is 60.2 Å². The summed E-state index contributed by atoms with van der Waals surface area (Å²) in [6.45, 7) is 5.80. The molecule has 4 heteroatoms. The van der Waals surface area contributed by atoms with Crippen LogP contribution >= 0.6 is 0 Å². The molecule has 0 spiro atoms. The summed E-state index contributed by atoms with van der Waals surface area (Å²) in [6, 6.07) is 16.2. The highest BCUT2D eigenvalue weighted by molar-refractivity contribution is 6.05. The van der Waals surface area contributed by atoms with Crippen LogP contribution in [-0.4, -0.2) is 29.8 Å². The van der Waals surface area contributed by atoms with Gasteiger partial charge in [0.25, 0.3) is 11.8 Å². The molecule has 0 aliphatic carbocycles. The first-order valence-electron chi connectivity index (χ1n) is 9.41. The lowest BCUT2D eigenvalue weighted by molar-refractivity contribution is 0.0750. The zero-order chi connectivity index (χ0) is 18.8. The highest BCUT2D eigenvalue weighted by Crippen LogP contribution is 2.15. The normalized spacial score (nSPS) is 10.4. The average Bonchev–Trinajstić information content (AvgIpc) is 2.68. The molecule has 0 aromatic heterocycles. The number of unbranched alkanes of at least 4 members (excludes halogenated alkanes) is 2. The van der Waals surface area contributed by atoms with Crippen LogP contribution in [0.2, 0.25) is 0 Å². The maximum absolute atomic E-state index is 12.9. The van der Waals surface area contributed by atoms with Crippen molar-refractivity contribution in [1.82, 2.24) is 4.90 Å². The van der Waals surface area contributed by atoms with Gasteiger partial charge in [-0.05, 0) is 43.2 Å². The molecule has 0 unspecified atom stereocenters. The van der Waals surface area contributed by atoms with Crippen molar-refractivity contribution in [1.29, 1.82) is 0 Å². The van der Waals surface area contributed by atoms with Crippen LogP contribution in [-0.2, 0) is 0 Å². The quantitative estimate of drug-likeness (QED) is 0.692. The van der Waals surface area contributed by atoms with Crippen molar-refractivity contribution in [3.63, 3.8) is 0 Å². The summed E-state index contributed by atoms with van der Waals surface area (Å²) in [5.41, 5.74) is 1.84. The van der Waals surface area contributed by atoms with Crippen LogP contribution in [0.5, 0.6) is 0 Å². The van der Waals surface area contributed by atoms with Gasteiger partial charge in [0.15, 0.2) is 0 Å². The Labute approximate surface area is 156 Å². The van der Waals surface area contributed by atoms with E-state index in [-0.39, 0.29) is 11.8 Å². The summed E-state index contributed by atoms with van der Waals surface area (Å²) in [5, 5.41) is 2.87. The van der Waals surface area contributed by atoms with E-state index in [0.29, 0.717) is 16.8 Å². The molecule has 0 fully saturated rings. The summed E-state index contributed by atoms with van der Waals surface area (Å²) >= 11 is 0. The topological polar surface area (TPSA) is 49.4 Å². The minimum Gasteiger partial charge on any atom is -0.339 e. The first kappa shape index (κ1) is 19.7. The Balaban J connectivity index is 2.10. The van der Waals surface area contributed by atoms with Gasteiger partial charge in [0.2, 0.25) is 0 Å². The first-order chi connectivity index (χ1) is 12.7. The van der Waals surface area contributed by atoms with Crippen molar-refractivity contribution in [3.8, 4) is 0 Å². The Morgan fingerprint density at radius 2 is 1.46 bits per heavy atom. The molecule has 0 saturated carbocycles. The van der Waals surface area contributed by atoms with E-state index >= 15 is 0 Å². The minimum absolute atomic E-state index is 0.0303. The number of hydrogen-bond acceptors (Lipinski definition) is 2. The number of nitrogens with one attached hydrogen (secondary N) is 1. The highest BCUT2D eigenvalue weighted by Gasteiger charge is 2.15. The third-order valence-corrected chi connectivity index (χ3v) is 4.25. The molecule has 0 aliphatic rings. The third-order valence-electron chi connectivity index (χ3n) is 4.25. The molecule has 0 bridgehead atoms. The van der Waals surface area contributed by atoms with Crippen molar-refractivity contribution in [2.75, 3.05) is 18.4 Å². The SMILES string of the molecule is CCCCN(CCCC)C(=O)c1cccc(NC(=O)c2ccccc2)c1. The van der Waals surface area contributed by atoms with Gasteiger partial charge < -0.3 is 10.2 Å². The Bertz CT molecular complexity index is 705. The molecule has 2 rings (SSSR count). The summed E-state index contributed by atoms with van der Waals surface area (Å²) in [5.74, 6) is -0.147. The maximum atomic E-state index is 12.9. The van der Waals surface area contributed by atoms with Gasteiger partial charge in [-0.15, -0.1) is 0 Å². The van der Waals surface area contributed by atoms with Crippen LogP contribution < -0.4 is 5.32 Å². The molecule has 2 aromatic rings. The molecule has 2 amide bonds. The van der Waals surface area contributed by atoms with Crippen LogP contribution in [0.3, 0.4) is 0 Å². The van der Waals surface area contributed by atoms with Crippen LogP contribution in [0.4, 0.5) is 5.69 Å². The van der Waals surface area contributed by atoms with Gasteiger partial charge in [-0.25, -0.2) is 0 Å². The fourth-order valence-electron chi connectivity index (χ4n) is 2.72. The number of carbonyl (C=O) groups excluding carboxylic acids is 2.